The molecule has 0 aromatic rings. The van der Waals surface area contributed by atoms with E-state index in [2.05, 4.69) is 5.32 Å². The van der Waals surface area contributed by atoms with Gasteiger partial charge in [0.15, 0.2) is 0 Å². The first kappa shape index (κ1) is 14.6. The van der Waals surface area contributed by atoms with Crippen molar-refractivity contribution < 1.29 is 13.7 Å². The highest BCUT2D eigenvalue weighted by Crippen LogP contribution is 2.06. The molecule has 0 saturated carbocycles. The fourth-order valence-corrected chi connectivity index (χ4v) is 2.77. The van der Waals surface area contributed by atoms with Crippen LogP contribution < -0.4 is 11.1 Å². The van der Waals surface area contributed by atoms with Gasteiger partial charge in [0.1, 0.15) is 5.75 Å². The number of carbonyl (C=O) groups excluding carboxylic acids is 1. The van der Waals surface area contributed by atoms with E-state index in [0.29, 0.717) is 26.2 Å². The van der Waals surface area contributed by atoms with Gasteiger partial charge in [0.05, 0.1) is 0 Å². The molecule has 0 aliphatic carbocycles. The van der Waals surface area contributed by atoms with Gasteiger partial charge in [-0.15, -0.1) is 0 Å². The first-order valence-corrected chi connectivity index (χ1v) is 7.46. The van der Waals surface area contributed by atoms with Gasteiger partial charge in [-0.05, 0) is 25.8 Å². The summed E-state index contributed by atoms with van der Waals surface area (Å²) in [6, 6.07) is 0.179. The predicted molar refractivity (Wildman–Crippen MR) is 68.1 cm³/mol. The topological polar surface area (TPSA) is 81.4 Å². The van der Waals surface area contributed by atoms with E-state index in [-0.39, 0.29) is 23.0 Å². The van der Waals surface area contributed by atoms with Gasteiger partial charge >= 0.3 is 0 Å². The molecule has 3 N–H and O–H groups in total. The second kappa shape index (κ2) is 7.79. The van der Waals surface area contributed by atoms with Crippen molar-refractivity contribution in [2.24, 2.45) is 5.73 Å². The van der Waals surface area contributed by atoms with Crippen molar-refractivity contribution in [3.63, 3.8) is 0 Å². The fraction of sp³-hybridized carbons (Fsp3) is 0.909. The van der Waals surface area contributed by atoms with E-state index in [4.69, 9.17) is 10.5 Å². The average molecular weight is 262 g/mol. The van der Waals surface area contributed by atoms with Crippen LogP contribution in [0.4, 0.5) is 0 Å². The normalized spacial score (nSPS) is 20.8. The second-order valence-corrected chi connectivity index (χ2v) is 6.22. The van der Waals surface area contributed by atoms with Gasteiger partial charge in [0.25, 0.3) is 0 Å². The summed E-state index contributed by atoms with van der Waals surface area (Å²) in [7, 11) is -1.12. The summed E-state index contributed by atoms with van der Waals surface area (Å²) in [6.07, 6.45) is 2.38. The Morgan fingerprint density at radius 3 is 2.76 bits per heavy atom. The molecular weight excluding hydrogens is 240 g/mol. The van der Waals surface area contributed by atoms with Gasteiger partial charge in [-0.2, -0.15) is 0 Å². The van der Waals surface area contributed by atoms with E-state index >= 15 is 0 Å². The number of nitrogens with one attached hydrogen (secondary N) is 1. The number of hydrogen-bond acceptors (Lipinski definition) is 4. The first-order chi connectivity index (χ1) is 8.13. The Kier molecular flexibility index (Phi) is 6.69. The van der Waals surface area contributed by atoms with E-state index in [1.54, 1.807) is 0 Å². The number of hydrogen-bond donors (Lipinski definition) is 2. The molecular formula is C11H22N2O3S. The molecule has 17 heavy (non-hydrogen) atoms. The van der Waals surface area contributed by atoms with E-state index in [9.17, 15) is 9.00 Å². The van der Waals surface area contributed by atoms with Crippen LogP contribution in [-0.4, -0.2) is 46.9 Å². The van der Waals surface area contributed by atoms with E-state index in [0.717, 1.165) is 12.8 Å². The monoisotopic (exact) mass is 262 g/mol. The van der Waals surface area contributed by atoms with Crippen molar-refractivity contribution in [1.82, 2.24) is 5.32 Å². The molecule has 0 aromatic carbocycles. The van der Waals surface area contributed by atoms with Gasteiger partial charge < -0.3 is 15.8 Å². The number of amides is 1. The third-order valence-electron chi connectivity index (χ3n) is 2.88. The smallest absolute Gasteiger partial charge is 0.232 e. The summed E-state index contributed by atoms with van der Waals surface area (Å²) >= 11 is 0. The standard InChI is InChI=1S/C11H22N2O3S/c1-9(2-5-12)17(15)8-11(14)13-10-3-6-16-7-4-10/h9-10H,2-8,12H2,1H3,(H,13,14). The zero-order valence-corrected chi connectivity index (χ0v) is 11.1. The number of carbonyl (C=O) groups is 1. The maximum atomic E-state index is 11.8. The van der Waals surface area contributed by atoms with Crippen molar-refractivity contribution in [1.29, 1.82) is 0 Å². The van der Waals surface area contributed by atoms with E-state index in [1.165, 1.54) is 0 Å². The third-order valence-corrected chi connectivity index (χ3v) is 4.56. The minimum absolute atomic E-state index is 0.0135. The zero-order valence-electron chi connectivity index (χ0n) is 10.3. The van der Waals surface area contributed by atoms with Gasteiger partial charge in [-0.25, -0.2) is 0 Å². The molecule has 2 unspecified atom stereocenters. The molecule has 100 valence electrons. The lowest BCUT2D eigenvalue weighted by atomic mass is 10.1. The second-order valence-electron chi connectivity index (χ2n) is 4.37. The Bertz CT molecular complexity index is 267. The molecule has 1 rings (SSSR count). The maximum absolute atomic E-state index is 11.8. The Morgan fingerprint density at radius 1 is 1.53 bits per heavy atom. The van der Waals surface area contributed by atoms with Crippen LogP contribution in [0.2, 0.25) is 0 Å². The maximum Gasteiger partial charge on any atom is 0.232 e. The third kappa shape index (κ3) is 5.61. The average Bonchev–Trinajstić information content (AvgIpc) is 2.30. The first-order valence-electron chi connectivity index (χ1n) is 6.08. The Labute approximate surface area is 105 Å². The van der Waals surface area contributed by atoms with Crippen LogP contribution in [-0.2, 0) is 20.3 Å². The minimum Gasteiger partial charge on any atom is -0.381 e. The Morgan fingerprint density at radius 2 is 2.18 bits per heavy atom. The molecule has 0 radical (unpaired) electrons. The number of nitrogens with two attached hydrogens (primary N) is 1. The Hall–Kier alpha value is -0.460. The molecule has 1 aliphatic heterocycles. The lowest BCUT2D eigenvalue weighted by molar-refractivity contribution is -0.119. The van der Waals surface area contributed by atoms with Crippen molar-refractivity contribution in [3.05, 3.63) is 0 Å². The summed E-state index contributed by atoms with van der Waals surface area (Å²) < 4.78 is 17.0. The molecule has 1 aliphatic rings. The van der Waals surface area contributed by atoms with Crippen LogP contribution in [0, 0.1) is 0 Å². The van der Waals surface area contributed by atoms with Gasteiger partial charge in [-0.1, -0.05) is 6.92 Å². The molecule has 0 bridgehead atoms. The van der Waals surface area contributed by atoms with Crippen molar-refractivity contribution in [2.45, 2.75) is 37.5 Å². The lowest BCUT2D eigenvalue weighted by Gasteiger charge is -2.23. The summed E-state index contributed by atoms with van der Waals surface area (Å²) in [4.78, 5) is 11.7. The largest absolute Gasteiger partial charge is 0.381 e. The summed E-state index contributed by atoms with van der Waals surface area (Å²) in [6.45, 7) is 3.76. The van der Waals surface area contributed by atoms with Gasteiger partial charge in [-0.3, -0.25) is 9.00 Å². The molecule has 0 spiro atoms. The molecule has 0 aromatic heterocycles. The molecule has 1 fully saturated rings. The molecule has 1 amide bonds. The van der Waals surface area contributed by atoms with Crippen molar-refractivity contribution in [3.8, 4) is 0 Å². The fourth-order valence-electron chi connectivity index (χ4n) is 1.75. The highest BCUT2D eigenvalue weighted by molar-refractivity contribution is 7.86. The number of ether oxygens (including phenoxy) is 1. The van der Waals surface area contributed by atoms with Crippen LogP contribution in [0.15, 0.2) is 0 Å². The van der Waals surface area contributed by atoms with E-state index in [1.807, 2.05) is 6.92 Å². The summed E-state index contributed by atoms with van der Waals surface area (Å²) in [5, 5.41) is 2.89. The predicted octanol–water partition coefficient (Wildman–Crippen LogP) is -0.232. The van der Waals surface area contributed by atoms with Gasteiger partial charge in [0, 0.05) is 35.3 Å². The van der Waals surface area contributed by atoms with Crippen LogP contribution in [0.3, 0.4) is 0 Å². The zero-order chi connectivity index (χ0) is 12.7. The highest BCUT2D eigenvalue weighted by atomic mass is 32.2. The summed E-state index contributed by atoms with van der Waals surface area (Å²) in [5.41, 5.74) is 5.40. The van der Waals surface area contributed by atoms with Crippen LogP contribution >= 0.6 is 0 Å². The van der Waals surface area contributed by atoms with Crippen molar-refractivity contribution >= 4 is 16.7 Å². The quantitative estimate of drug-likeness (QED) is 0.692. The van der Waals surface area contributed by atoms with Crippen LogP contribution in [0.1, 0.15) is 26.2 Å². The van der Waals surface area contributed by atoms with Crippen molar-refractivity contribution in [2.75, 3.05) is 25.5 Å². The minimum atomic E-state index is -1.12. The lowest BCUT2D eigenvalue weighted by Crippen LogP contribution is -2.41. The Balaban J connectivity index is 2.25. The SMILES string of the molecule is CC(CCN)S(=O)CC(=O)NC1CCOCC1. The number of rotatable bonds is 6. The highest BCUT2D eigenvalue weighted by Gasteiger charge is 2.19. The van der Waals surface area contributed by atoms with Crippen LogP contribution in [0.5, 0.6) is 0 Å². The molecule has 6 heteroatoms. The molecule has 5 nitrogen and oxygen atoms in total. The van der Waals surface area contributed by atoms with E-state index < -0.39 is 10.8 Å². The van der Waals surface area contributed by atoms with Crippen LogP contribution in [0.25, 0.3) is 0 Å². The summed E-state index contributed by atoms with van der Waals surface area (Å²) in [5.74, 6) is -0.0440. The van der Waals surface area contributed by atoms with Gasteiger partial charge in [0.2, 0.25) is 5.91 Å². The molecule has 1 saturated heterocycles. The molecule has 2 atom stereocenters. The molecule has 1 heterocycles.